The van der Waals surface area contributed by atoms with Crippen molar-refractivity contribution in [1.29, 1.82) is 0 Å². The van der Waals surface area contributed by atoms with Gasteiger partial charge in [-0.3, -0.25) is 9.59 Å². The highest BCUT2D eigenvalue weighted by molar-refractivity contribution is 6.08. The van der Waals surface area contributed by atoms with E-state index in [0.717, 1.165) is 46.6 Å². The first kappa shape index (κ1) is 23.8. The van der Waals surface area contributed by atoms with Gasteiger partial charge in [0.05, 0.1) is 0 Å². The topological polar surface area (TPSA) is 37.4 Å². The van der Waals surface area contributed by atoms with Crippen molar-refractivity contribution in [1.82, 2.24) is 0 Å². The standard InChI is InChI=1S/C32H37NO2/c1-19-8-11-22(12-9-19)28-29-24(15-31(4,5)17-26(29)34)33(23-13-10-20(2)21(3)14-23)25-16-32(6,7)18-27(35)30(25)28/h8-14,28H,15-18H2,1-7H3. The molecular formula is C32H37NO2. The number of aryl methyl sites for hydroxylation is 3. The van der Waals surface area contributed by atoms with Crippen LogP contribution < -0.4 is 4.90 Å². The Bertz CT molecular complexity index is 1250. The summed E-state index contributed by atoms with van der Waals surface area (Å²) in [6.07, 6.45) is 2.65. The number of hydrogen-bond donors (Lipinski definition) is 0. The smallest absolute Gasteiger partial charge is 0.162 e. The monoisotopic (exact) mass is 467 g/mol. The zero-order chi connectivity index (χ0) is 25.3. The summed E-state index contributed by atoms with van der Waals surface area (Å²) in [7, 11) is 0. The van der Waals surface area contributed by atoms with Gasteiger partial charge >= 0.3 is 0 Å². The summed E-state index contributed by atoms with van der Waals surface area (Å²) in [6, 6.07) is 14.9. The predicted octanol–water partition coefficient (Wildman–Crippen LogP) is 7.50. The second-order valence-corrected chi connectivity index (χ2v) is 12.6. The van der Waals surface area contributed by atoms with Gasteiger partial charge < -0.3 is 4.90 Å². The lowest BCUT2D eigenvalue weighted by Gasteiger charge is -2.49. The molecule has 0 fully saturated rings. The molecule has 0 amide bonds. The number of hydrogen-bond acceptors (Lipinski definition) is 3. The van der Waals surface area contributed by atoms with Gasteiger partial charge in [0.15, 0.2) is 11.6 Å². The van der Waals surface area contributed by atoms with Crippen molar-refractivity contribution in [3.05, 3.63) is 87.3 Å². The molecule has 3 aliphatic rings. The van der Waals surface area contributed by atoms with Crippen molar-refractivity contribution in [2.45, 2.75) is 80.1 Å². The first-order chi connectivity index (χ1) is 16.4. The number of anilines is 1. The molecule has 2 aliphatic carbocycles. The van der Waals surface area contributed by atoms with Gasteiger partial charge in [0.25, 0.3) is 0 Å². The molecule has 0 saturated heterocycles. The van der Waals surface area contributed by atoms with Crippen molar-refractivity contribution in [2.75, 3.05) is 4.90 Å². The van der Waals surface area contributed by atoms with Crippen LogP contribution in [0.15, 0.2) is 65.0 Å². The van der Waals surface area contributed by atoms with Crippen LogP contribution in [-0.2, 0) is 9.59 Å². The van der Waals surface area contributed by atoms with E-state index in [4.69, 9.17) is 0 Å². The Labute approximate surface area is 209 Å². The molecule has 182 valence electrons. The van der Waals surface area contributed by atoms with E-state index in [-0.39, 0.29) is 28.3 Å². The number of carbonyl (C=O) groups excluding carboxylic acids is 2. The lowest BCUT2D eigenvalue weighted by atomic mass is 9.63. The number of allylic oxidation sites excluding steroid dienone is 4. The fourth-order valence-electron chi connectivity index (χ4n) is 6.23. The van der Waals surface area contributed by atoms with Crippen molar-refractivity contribution >= 4 is 17.3 Å². The van der Waals surface area contributed by atoms with Gasteiger partial charge in [-0.25, -0.2) is 0 Å². The maximum Gasteiger partial charge on any atom is 0.162 e. The molecule has 0 aromatic heterocycles. The molecule has 3 heteroatoms. The summed E-state index contributed by atoms with van der Waals surface area (Å²) in [5.74, 6) is 0.0790. The van der Waals surface area contributed by atoms with Gasteiger partial charge in [-0.1, -0.05) is 63.6 Å². The van der Waals surface area contributed by atoms with Crippen LogP contribution >= 0.6 is 0 Å². The number of rotatable bonds is 2. The Morgan fingerprint density at radius 2 is 1.20 bits per heavy atom. The van der Waals surface area contributed by atoms with E-state index >= 15 is 0 Å². The Hall–Kier alpha value is -2.94. The Morgan fingerprint density at radius 3 is 1.69 bits per heavy atom. The summed E-state index contributed by atoms with van der Waals surface area (Å²) >= 11 is 0. The van der Waals surface area contributed by atoms with Gasteiger partial charge in [-0.2, -0.15) is 0 Å². The largest absolute Gasteiger partial charge is 0.317 e. The highest BCUT2D eigenvalue weighted by Crippen LogP contribution is 2.55. The number of Topliss-reactive ketones (excluding diaryl/α,β-unsaturated/α-hetero) is 2. The normalized spacial score (nSPS) is 21.9. The Kier molecular flexibility index (Phi) is 5.47. The molecule has 0 N–H and O–H groups in total. The van der Waals surface area contributed by atoms with Gasteiger partial charge in [-0.05, 0) is 73.3 Å². The van der Waals surface area contributed by atoms with Crippen molar-refractivity contribution < 1.29 is 9.59 Å². The summed E-state index contributed by atoms with van der Waals surface area (Å²) in [6.45, 7) is 15.1. The lowest BCUT2D eigenvalue weighted by Crippen LogP contribution is -2.44. The van der Waals surface area contributed by atoms with Crippen LogP contribution in [0.3, 0.4) is 0 Å². The molecule has 0 radical (unpaired) electrons. The molecular weight excluding hydrogens is 430 g/mol. The van der Waals surface area contributed by atoms with Crippen LogP contribution in [0.1, 0.15) is 81.5 Å². The van der Waals surface area contributed by atoms with Gasteiger partial charge in [0.1, 0.15) is 0 Å². The molecule has 3 nitrogen and oxygen atoms in total. The van der Waals surface area contributed by atoms with Crippen LogP contribution in [0.25, 0.3) is 0 Å². The van der Waals surface area contributed by atoms with Crippen LogP contribution in [0, 0.1) is 31.6 Å². The minimum atomic E-state index is -0.282. The van der Waals surface area contributed by atoms with Gasteiger partial charge in [-0.15, -0.1) is 0 Å². The molecule has 35 heavy (non-hydrogen) atoms. The van der Waals surface area contributed by atoms with Crippen LogP contribution in [0.2, 0.25) is 0 Å². The average Bonchev–Trinajstić information content (AvgIpc) is 2.73. The fraction of sp³-hybridized carbons (Fsp3) is 0.438. The molecule has 0 unspecified atom stereocenters. The highest BCUT2D eigenvalue weighted by atomic mass is 16.1. The van der Waals surface area contributed by atoms with E-state index in [1.807, 2.05) is 0 Å². The second kappa shape index (κ2) is 8.05. The van der Waals surface area contributed by atoms with Gasteiger partial charge in [0, 0.05) is 47.0 Å². The SMILES string of the molecule is Cc1ccc(C2C3=C(CC(C)(C)CC3=O)N(c3ccc(C)c(C)c3)C3=C2C(=O)CC(C)(C)C3)cc1. The van der Waals surface area contributed by atoms with E-state index < -0.39 is 0 Å². The first-order valence-electron chi connectivity index (χ1n) is 12.8. The predicted molar refractivity (Wildman–Crippen MR) is 142 cm³/mol. The third-order valence-electron chi connectivity index (χ3n) is 8.07. The summed E-state index contributed by atoms with van der Waals surface area (Å²) < 4.78 is 0. The van der Waals surface area contributed by atoms with Crippen molar-refractivity contribution in [3.8, 4) is 0 Å². The molecule has 5 rings (SSSR count). The molecule has 1 heterocycles. The quantitative estimate of drug-likeness (QED) is 0.459. The van der Waals surface area contributed by atoms with E-state index in [0.29, 0.717) is 12.8 Å². The number of ketones is 2. The van der Waals surface area contributed by atoms with E-state index in [9.17, 15) is 9.59 Å². The van der Waals surface area contributed by atoms with E-state index in [1.54, 1.807) is 0 Å². The zero-order valence-corrected chi connectivity index (χ0v) is 22.2. The third-order valence-corrected chi connectivity index (χ3v) is 8.07. The molecule has 0 bridgehead atoms. The molecule has 2 aromatic rings. The Morgan fingerprint density at radius 1 is 0.686 bits per heavy atom. The summed E-state index contributed by atoms with van der Waals surface area (Å²) in [5, 5.41) is 0. The minimum Gasteiger partial charge on any atom is -0.317 e. The number of carbonyl (C=O) groups is 2. The zero-order valence-electron chi connectivity index (χ0n) is 22.2. The third kappa shape index (κ3) is 4.09. The number of benzene rings is 2. The number of nitrogens with zero attached hydrogens (tertiary/aromatic N) is 1. The van der Waals surface area contributed by atoms with Crippen LogP contribution in [0.4, 0.5) is 5.69 Å². The average molecular weight is 468 g/mol. The molecule has 0 spiro atoms. The van der Waals surface area contributed by atoms with Crippen LogP contribution in [0.5, 0.6) is 0 Å². The van der Waals surface area contributed by atoms with Gasteiger partial charge in [0.2, 0.25) is 0 Å². The molecule has 2 aromatic carbocycles. The first-order valence-corrected chi connectivity index (χ1v) is 12.8. The van der Waals surface area contributed by atoms with E-state index in [2.05, 4.69) is 95.8 Å². The lowest BCUT2D eigenvalue weighted by molar-refractivity contribution is -0.119. The van der Waals surface area contributed by atoms with Crippen LogP contribution in [-0.4, -0.2) is 11.6 Å². The highest BCUT2D eigenvalue weighted by Gasteiger charge is 2.49. The maximum atomic E-state index is 13.9. The molecule has 1 aliphatic heterocycles. The van der Waals surface area contributed by atoms with Crippen molar-refractivity contribution in [2.24, 2.45) is 10.8 Å². The Balaban J connectivity index is 1.83. The second-order valence-electron chi connectivity index (χ2n) is 12.6. The molecule has 0 saturated carbocycles. The summed E-state index contributed by atoms with van der Waals surface area (Å²) in [4.78, 5) is 30.1. The van der Waals surface area contributed by atoms with Crippen molar-refractivity contribution in [3.63, 3.8) is 0 Å². The maximum absolute atomic E-state index is 13.9. The summed E-state index contributed by atoms with van der Waals surface area (Å²) in [5.41, 5.74) is 9.34. The fourth-order valence-corrected chi connectivity index (χ4v) is 6.23. The van der Waals surface area contributed by atoms with E-state index in [1.165, 1.54) is 16.7 Å². The molecule has 0 atom stereocenters. The minimum absolute atomic E-state index is 0.127.